The Kier molecular flexibility index (Phi) is 3.44. The molecule has 2 aromatic carbocycles. The first-order valence-electron chi connectivity index (χ1n) is 7.17. The van der Waals surface area contributed by atoms with Crippen molar-refractivity contribution < 1.29 is 13.5 Å². The predicted octanol–water partition coefficient (Wildman–Crippen LogP) is 4.89. The Balaban J connectivity index is 1.99. The Morgan fingerprint density at radius 1 is 1.10 bits per heavy atom. The summed E-state index contributed by atoms with van der Waals surface area (Å²) in [5.74, 6) is -0.112. The number of hydrogen-bond donors (Lipinski definition) is 0. The molecule has 0 spiro atoms. The summed E-state index contributed by atoms with van der Waals surface area (Å²) in [4.78, 5) is 0. The molecule has 1 nitrogen and oxygen atoms in total. The second-order valence-electron chi connectivity index (χ2n) is 5.94. The molecule has 1 unspecified atom stereocenters. The van der Waals surface area contributed by atoms with Gasteiger partial charge in [-0.2, -0.15) is 0 Å². The third-order valence-electron chi connectivity index (χ3n) is 4.14. The van der Waals surface area contributed by atoms with Crippen molar-refractivity contribution in [1.82, 2.24) is 0 Å². The third-order valence-corrected chi connectivity index (χ3v) is 4.14. The zero-order valence-corrected chi connectivity index (χ0v) is 12.4. The minimum absolute atomic E-state index is 0.121. The van der Waals surface area contributed by atoms with Gasteiger partial charge in [-0.1, -0.05) is 19.1 Å². The number of ether oxygens (including phenoxy) is 1. The summed E-state index contributed by atoms with van der Waals surface area (Å²) in [6.45, 7) is 5.98. The molecule has 0 saturated carbocycles. The standard InChI is InChI=1S/C18H18F2O/c1-10-4-5-11(2)17(6-10)21-18-12(3)7-14-15(18)8-13(19)9-16(14)20/h4-6,8-9,12,18H,7H2,1-3H3/t12?,18-/m1/s1. The summed E-state index contributed by atoms with van der Waals surface area (Å²) < 4.78 is 33.5. The second-order valence-corrected chi connectivity index (χ2v) is 5.94. The fourth-order valence-corrected chi connectivity index (χ4v) is 2.98. The molecule has 2 aromatic rings. The monoisotopic (exact) mass is 288 g/mol. The van der Waals surface area contributed by atoms with Gasteiger partial charge in [0.05, 0.1) is 0 Å². The zero-order chi connectivity index (χ0) is 15.1. The van der Waals surface area contributed by atoms with Crippen LogP contribution in [0.3, 0.4) is 0 Å². The molecule has 21 heavy (non-hydrogen) atoms. The van der Waals surface area contributed by atoms with Crippen LogP contribution in [-0.4, -0.2) is 0 Å². The summed E-state index contributed by atoms with van der Waals surface area (Å²) >= 11 is 0. The van der Waals surface area contributed by atoms with Crippen molar-refractivity contribution in [3.63, 3.8) is 0 Å². The Morgan fingerprint density at radius 2 is 1.86 bits per heavy atom. The molecule has 0 radical (unpaired) electrons. The van der Waals surface area contributed by atoms with E-state index in [0.29, 0.717) is 17.5 Å². The first-order chi connectivity index (χ1) is 9.95. The summed E-state index contributed by atoms with van der Waals surface area (Å²) in [5, 5.41) is 0. The predicted molar refractivity (Wildman–Crippen MR) is 78.5 cm³/mol. The fraction of sp³-hybridized carbons (Fsp3) is 0.333. The number of benzene rings is 2. The van der Waals surface area contributed by atoms with Gasteiger partial charge >= 0.3 is 0 Å². The number of rotatable bonds is 2. The molecule has 3 heteroatoms. The first-order valence-corrected chi connectivity index (χ1v) is 7.17. The smallest absolute Gasteiger partial charge is 0.129 e. The maximum Gasteiger partial charge on any atom is 0.129 e. The lowest BCUT2D eigenvalue weighted by molar-refractivity contribution is 0.158. The highest BCUT2D eigenvalue weighted by Gasteiger charge is 2.34. The van der Waals surface area contributed by atoms with Crippen molar-refractivity contribution in [2.45, 2.75) is 33.3 Å². The highest BCUT2D eigenvalue weighted by atomic mass is 19.1. The van der Waals surface area contributed by atoms with Crippen LogP contribution in [0.1, 0.15) is 35.3 Å². The summed E-state index contributed by atoms with van der Waals surface area (Å²) in [5.41, 5.74) is 3.35. The Morgan fingerprint density at radius 3 is 2.62 bits per heavy atom. The van der Waals surface area contributed by atoms with Gasteiger partial charge in [0.2, 0.25) is 0 Å². The molecule has 0 amide bonds. The Bertz CT molecular complexity index is 694. The van der Waals surface area contributed by atoms with Gasteiger partial charge < -0.3 is 4.74 Å². The van der Waals surface area contributed by atoms with Crippen molar-refractivity contribution in [2.75, 3.05) is 0 Å². The highest BCUT2D eigenvalue weighted by molar-refractivity contribution is 5.40. The van der Waals surface area contributed by atoms with E-state index >= 15 is 0 Å². The van der Waals surface area contributed by atoms with Gasteiger partial charge in [0.1, 0.15) is 23.5 Å². The maximum absolute atomic E-state index is 13.9. The molecule has 0 saturated heterocycles. The molecule has 0 N–H and O–H groups in total. The number of aryl methyl sites for hydroxylation is 2. The van der Waals surface area contributed by atoms with Crippen LogP contribution >= 0.6 is 0 Å². The van der Waals surface area contributed by atoms with E-state index in [1.807, 2.05) is 39.0 Å². The van der Waals surface area contributed by atoms with E-state index in [4.69, 9.17) is 4.74 Å². The van der Waals surface area contributed by atoms with Crippen molar-refractivity contribution >= 4 is 0 Å². The van der Waals surface area contributed by atoms with Crippen molar-refractivity contribution in [3.8, 4) is 5.75 Å². The van der Waals surface area contributed by atoms with E-state index in [-0.39, 0.29) is 12.0 Å². The first kappa shape index (κ1) is 14.1. The van der Waals surface area contributed by atoms with Gasteiger partial charge in [0.25, 0.3) is 0 Å². The van der Waals surface area contributed by atoms with Crippen molar-refractivity contribution in [3.05, 3.63) is 64.2 Å². The summed E-state index contributed by atoms with van der Waals surface area (Å²) in [6, 6.07) is 8.34. The van der Waals surface area contributed by atoms with Crippen LogP contribution in [-0.2, 0) is 6.42 Å². The van der Waals surface area contributed by atoms with Crippen LogP contribution < -0.4 is 4.74 Å². The minimum Gasteiger partial charge on any atom is -0.485 e. The minimum atomic E-state index is -0.546. The number of hydrogen-bond acceptors (Lipinski definition) is 1. The number of fused-ring (bicyclic) bond motifs is 1. The van der Waals surface area contributed by atoms with Gasteiger partial charge in [-0.05, 0) is 49.1 Å². The van der Waals surface area contributed by atoms with Gasteiger partial charge in [-0.3, -0.25) is 0 Å². The highest BCUT2D eigenvalue weighted by Crippen LogP contribution is 2.41. The maximum atomic E-state index is 13.9. The molecule has 1 aliphatic rings. The average molecular weight is 288 g/mol. The van der Waals surface area contributed by atoms with Gasteiger partial charge in [0, 0.05) is 17.5 Å². The molecule has 0 fully saturated rings. The lowest BCUT2D eigenvalue weighted by Gasteiger charge is -2.21. The van der Waals surface area contributed by atoms with Crippen molar-refractivity contribution in [1.29, 1.82) is 0 Å². The molecule has 3 rings (SSSR count). The van der Waals surface area contributed by atoms with Crippen LogP contribution in [0.4, 0.5) is 8.78 Å². The van der Waals surface area contributed by atoms with E-state index in [0.717, 1.165) is 22.9 Å². The van der Waals surface area contributed by atoms with Crippen LogP contribution in [0.25, 0.3) is 0 Å². The van der Waals surface area contributed by atoms with Gasteiger partial charge in [-0.15, -0.1) is 0 Å². The van der Waals surface area contributed by atoms with Crippen LogP contribution in [0.2, 0.25) is 0 Å². The molecular weight excluding hydrogens is 270 g/mol. The van der Waals surface area contributed by atoms with Gasteiger partial charge in [0.15, 0.2) is 0 Å². The Labute approximate surface area is 123 Å². The SMILES string of the molecule is Cc1ccc(C)c(O[C@H]2c3cc(F)cc(F)c3CC2C)c1. The molecule has 1 aliphatic carbocycles. The van der Waals surface area contributed by atoms with Gasteiger partial charge in [-0.25, -0.2) is 8.78 Å². The van der Waals surface area contributed by atoms with E-state index in [9.17, 15) is 8.78 Å². The van der Waals surface area contributed by atoms with E-state index in [1.165, 1.54) is 6.07 Å². The number of halogens is 2. The topological polar surface area (TPSA) is 9.23 Å². The zero-order valence-electron chi connectivity index (χ0n) is 12.4. The van der Waals surface area contributed by atoms with Crippen LogP contribution in [0.5, 0.6) is 5.75 Å². The van der Waals surface area contributed by atoms with Crippen LogP contribution in [0, 0.1) is 31.4 Å². The molecule has 110 valence electrons. The van der Waals surface area contributed by atoms with Crippen LogP contribution in [0.15, 0.2) is 30.3 Å². The third kappa shape index (κ3) is 2.53. The quantitative estimate of drug-likeness (QED) is 0.764. The molecule has 0 heterocycles. The lowest BCUT2D eigenvalue weighted by Crippen LogP contribution is -2.12. The average Bonchev–Trinajstić information content (AvgIpc) is 2.72. The summed E-state index contributed by atoms with van der Waals surface area (Å²) in [6.07, 6.45) is 0.280. The molecule has 0 aliphatic heterocycles. The van der Waals surface area contributed by atoms with E-state index < -0.39 is 11.6 Å². The molecular formula is C18H18F2O. The normalized spacial score (nSPS) is 20.4. The molecule has 2 atom stereocenters. The molecule has 0 bridgehead atoms. The van der Waals surface area contributed by atoms with E-state index in [2.05, 4.69) is 0 Å². The Hall–Kier alpha value is -1.90. The van der Waals surface area contributed by atoms with Crippen molar-refractivity contribution in [2.24, 2.45) is 5.92 Å². The summed E-state index contributed by atoms with van der Waals surface area (Å²) in [7, 11) is 0. The molecule has 0 aromatic heterocycles. The van der Waals surface area contributed by atoms with E-state index in [1.54, 1.807) is 0 Å². The lowest BCUT2D eigenvalue weighted by atomic mass is 10.1. The second kappa shape index (κ2) is 5.14. The largest absolute Gasteiger partial charge is 0.485 e. The fourth-order valence-electron chi connectivity index (χ4n) is 2.98.